The molecule has 0 aliphatic heterocycles. The molecule has 0 saturated heterocycles. The van der Waals surface area contributed by atoms with E-state index in [0.717, 1.165) is 5.56 Å². The molecular formula is C22H18Cl2N4O3. The molecule has 1 aromatic heterocycles. The van der Waals surface area contributed by atoms with Crippen molar-refractivity contribution in [2.24, 2.45) is 5.10 Å². The number of halogens is 2. The van der Waals surface area contributed by atoms with Crippen LogP contribution in [0.3, 0.4) is 0 Å². The third-order valence-corrected chi connectivity index (χ3v) is 4.63. The van der Waals surface area contributed by atoms with Gasteiger partial charge in [0.05, 0.1) is 16.8 Å². The maximum Gasteiger partial charge on any atom is 0.274 e. The number of nitrogens with one attached hydrogen (secondary N) is 2. The summed E-state index contributed by atoms with van der Waals surface area (Å²) in [5, 5.41) is 7.02. The number of ether oxygens (including phenoxy) is 1. The van der Waals surface area contributed by atoms with Gasteiger partial charge in [-0.1, -0.05) is 40.9 Å². The van der Waals surface area contributed by atoms with Crippen molar-refractivity contribution in [3.63, 3.8) is 0 Å². The van der Waals surface area contributed by atoms with Gasteiger partial charge in [0, 0.05) is 11.9 Å². The van der Waals surface area contributed by atoms with Crippen LogP contribution in [0, 0.1) is 6.92 Å². The van der Waals surface area contributed by atoms with Gasteiger partial charge in [-0.25, -0.2) is 10.4 Å². The average Bonchev–Trinajstić information content (AvgIpc) is 2.75. The summed E-state index contributed by atoms with van der Waals surface area (Å²) in [5.41, 5.74) is 5.00. The SMILES string of the molecule is Cc1ccc(NC(=O)COc2ccc(C=NNC(=O)c3cccnc3Cl)cc2Cl)cc1. The first-order valence-corrected chi connectivity index (χ1v) is 9.91. The van der Waals surface area contributed by atoms with Gasteiger partial charge in [-0.05, 0) is 55.0 Å². The van der Waals surface area contributed by atoms with E-state index in [4.69, 9.17) is 27.9 Å². The number of hydrazone groups is 1. The van der Waals surface area contributed by atoms with Crippen molar-refractivity contribution in [3.8, 4) is 5.75 Å². The van der Waals surface area contributed by atoms with E-state index in [1.807, 2.05) is 31.2 Å². The summed E-state index contributed by atoms with van der Waals surface area (Å²) in [7, 11) is 0. The molecule has 0 atom stereocenters. The topological polar surface area (TPSA) is 92.7 Å². The van der Waals surface area contributed by atoms with Crippen molar-refractivity contribution in [2.45, 2.75) is 6.92 Å². The lowest BCUT2D eigenvalue weighted by molar-refractivity contribution is -0.118. The lowest BCUT2D eigenvalue weighted by Gasteiger charge is -2.09. The normalized spacial score (nSPS) is 10.7. The summed E-state index contributed by atoms with van der Waals surface area (Å²) in [5.74, 6) is -0.439. The smallest absolute Gasteiger partial charge is 0.274 e. The Labute approximate surface area is 189 Å². The zero-order valence-electron chi connectivity index (χ0n) is 16.4. The second-order valence-electron chi connectivity index (χ2n) is 6.43. The molecule has 3 aromatic rings. The quantitative estimate of drug-likeness (QED) is 0.311. The number of hydrogen-bond acceptors (Lipinski definition) is 5. The number of carbonyl (C=O) groups excluding carboxylic acids is 2. The highest BCUT2D eigenvalue weighted by molar-refractivity contribution is 6.32. The van der Waals surface area contributed by atoms with Crippen LogP contribution < -0.4 is 15.5 Å². The first-order chi connectivity index (χ1) is 14.9. The van der Waals surface area contributed by atoms with Crippen LogP contribution in [0.15, 0.2) is 65.9 Å². The maximum atomic E-state index is 12.0. The van der Waals surface area contributed by atoms with Gasteiger partial charge in [0.25, 0.3) is 11.8 Å². The van der Waals surface area contributed by atoms with Gasteiger partial charge < -0.3 is 10.1 Å². The second-order valence-corrected chi connectivity index (χ2v) is 7.20. The Morgan fingerprint density at radius 1 is 1.13 bits per heavy atom. The molecule has 2 amide bonds. The number of rotatable bonds is 7. The van der Waals surface area contributed by atoms with Crippen molar-refractivity contribution < 1.29 is 14.3 Å². The number of amides is 2. The van der Waals surface area contributed by atoms with E-state index in [0.29, 0.717) is 22.0 Å². The summed E-state index contributed by atoms with van der Waals surface area (Å²) < 4.78 is 5.48. The van der Waals surface area contributed by atoms with Crippen molar-refractivity contribution in [1.29, 1.82) is 0 Å². The molecule has 0 saturated carbocycles. The van der Waals surface area contributed by atoms with Crippen LogP contribution in [0.4, 0.5) is 5.69 Å². The van der Waals surface area contributed by atoms with E-state index in [9.17, 15) is 9.59 Å². The Bertz CT molecular complexity index is 1120. The molecule has 2 aromatic carbocycles. The van der Waals surface area contributed by atoms with Crippen molar-refractivity contribution in [3.05, 3.63) is 87.7 Å². The van der Waals surface area contributed by atoms with E-state index in [1.54, 1.807) is 24.3 Å². The summed E-state index contributed by atoms with van der Waals surface area (Å²) >= 11 is 12.1. The van der Waals surface area contributed by atoms with Crippen molar-refractivity contribution >= 4 is 46.9 Å². The fraction of sp³-hybridized carbons (Fsp3) is 0.0909. The Morgan fingerprint density at radius 3 is 2.61 bits per heavy atom. The third-order valence-electron chi connectivity index (χ3n) is 4.03. The van der Waals surface area contributed by atoms with Crippen LogP contribution in [0.5, 0.6) is 5.75 Å². The number of hydrogen-bond donors (Lipinski definition) is 2. The van der Waals surface area contributed by atoms with Crippen LogP contribution in [-0.2, 0) is 4.79 Å². The predicted molar refractivity (Wildman–Crippen MR) is 121 cm³/mol. The summed E-state index contributed by atoms with van der Waals surface area (Å²) in [4.78, 5) is 27.9. The molecule has 3 rings (SSSR count). The number of carbonyl (C=O) groups is 2. The molecule has 31 heavy (non-hydrogen) atoms. The van der Waals surface area contributed by atoms with Crippen molar-refractivity contribution in [1.82, 2.24) is 10.4 Å². The van der Waals surface area contributed by atoms with Crippen LogP contribution in [0.1, 0.15) is 21.5 Å². The highest BCUT2D eigenvalue weighted by atomic mass is 35.5. The highest BCUT2D eigenvalue weighted by Crippen LogP contribution is 2.25. The summed E-state index contributed by atoms with van der Waals surface area (Å²) in [6.45, 7) is 1.78. The van der Waals surface area contributed by atoms with Gasteiger partial charge in [0.1, 0.15) is 10.9 Å². The van der Waals surface area contributed by atoms with Gasteiger partial charge in [0.2, 0.25) is 0 Å². The first kappa shape index (κ1) is 22.3. The molecule has 0 fully saturated rings. The molecule has 0 aliphatic rings. The predicted octanol–water partition coefficient (Wildman–Crippen LogP) is 4.48. The standard InChI is InChI=1S/C22H18Cl2N4O3/c1-14-4-7-16(8-5-14)27-20(29)13-31-19-9-6-15(11-18(19)23)12-26-28-22(30)17-3-2-10-25-21(17)24/h2-12H,13H2,1H3,(H,27,29)(H,28,30). The largest absolute Gasteiger partial charge is 0.482 e. The Kier molecular flexibility index (Phi) is 7.59. The van der Waals surface area contributed by atoms with Crippen LogP contribution in [-0.4, -0.2) is 29.6 Å². The molecular weight excluding hydrogens is 439 g/mol. The first-order valence-electron chi connectivity index (χ1n) is 9.15. The number of benzene rings is 2. The van der Waals surface area contributed by atoms with Gasteiger partial charge >= 0.3 is 0 Å². The third kappa shape index (κ3) is 6.53. The zero-order valence-corrected chi connectivity index (χ0v) is 17.9. The fourth-order valence-corrected chi connectivity index (χ4v) is 2.92. The fourth-order valence-electron chi connectivity index (χ4n) is 2.47. The second kappa shape index (κ2) is 10.6. The lowest BCUT2D eigenvalue weighted by atomic mass is 10.2. The molecule has 0 aliphatic carbocycles. The molecule has 7 nitrogen and oxygen atoms in total. The summed E-state index contributed by atoms with van der Waals surface area (Å²) in [6.07, 6.45) is 2.90. The van der Waals surface area contributed by atoms with Gasteiger partial charge in [-0.3, -0.25) is 9.59 Å². The molecule has 1 heterocycles. The Balaban J connectivity index is 1.52. The van der Waals surface area contributed by atoms with Crippen LogP contribution in [0.25, 0.3) is 0 Å². The molecule has 9 heteroatoms. The van der Waals surface area contributed by atoms with E-state index in [1.165, 1.54) is 18.5 Å². The summed E-state index contributed by atoms with van der Waals surface area (Å²) in [6, 6.07) is 15.5. The Hall–Kier alpha value is -3.42. The minimum absolute atomic E-state index is 0.0890. The average molecular weight is 457 g/mol. The molecule has 0 radical (unpaired) electrons. The highest BCUT2D eigenvalue weighted by Gasteiger charge is 2.10. The number of nitrogens with zero attached hydrogens (tertiary/aromatic N) is 2. The van der Waals surface area contributed by atoms with Gasteiger partial charge in [0.15, 0.2) is 6.61 Å². The monoisotopic (exact) mass is 456 g/mol. The van der Waals surface area contributed by atoms with E-state index in [-0.39, 0.29) is 23.2 Å². The van der Waals surface area contributed by atoms with Gasteiger partial charge in [-0.15, -0.1) is 0 Å². The number of aromatic nitrogens is 1. The minimum atomic E-state index is -0.486. The molecule has 2 N–H and O–H groups in total. The molecule has 0 unspecified atom stereocenters. The van der Waals surface area contributed by atoms with E-state index >= 15 is 0 Å². The van der Waals surface area contributed by atoms with Crippen molar-refractivity contribution in [2.75, 3.05) is 11.9 Å². The molecule has 0 bridgehead atoms. The number of pyridine rings is 1. The number of anilines is 1. The zero-order chi connectivity index (χ0) is 22.2. The Morgan fingerprint density at radius 2 is 1.90 bits per heavy atom. The lowest BCUT2D eigenvalue weighted by Crippen LogP contribution is -2.20. The minimum Gasteiger partial charge on any atom is -0.482 e. The van der Waals surface area contributed by atoms with Gasteiger partial charge in [-0.2, -0.15) is 5.10 Å². The maximum absolute atomic E-state index is 12.0. The number of aryl methyl sites for hydroxylation is 1. The van der Waals surface area contributed by atoms with Crippen LogP contribution in [0.2, 0.25) is 10.2 Å². The van der Waals surface area contributed by atoms with E-state index in [2.05, 4.69) is 20.8 Å². The molecule has 0 spiro atoms. The molecule has 158 valence electrons. The van der Waals surface area contributed by atoms with E-state index < -0.39 is 5.91 Å². The van der Waals surface area contributed by atoms with Crippen LogP contribution >= 0.6 is 23.2 Å².